The van der Waals surface area contributed by atoms with E-state index in [-0.39, 0.29) is 0 Å². The van der Waals surface area contributed by atoms with E-state index in [1.165, 1.54) is 32.5 Å². The van der Waals surface area contributed by atoms with E-state index in [9.17, 15) is 0 Å². The minimum absolute atomic E-state index is 0.750. The van der Waals surface area contributed by atoms with Gasteiger partial charge in [0.1, 0.15) is 5.82 Å². The molecule has 1 fully saturated rings. The number of para-hydroxylation sites is 2. The molecule has 0 atom stereocenters. The van der Waals surface area contributed by atoms with Gasteiger partial charge in [-0.25, -0.2) is 9.97 Å². The number of aromatic nitrogens is 2. The lowest BCUT2D eigenvalue weighted by Crippen LogP contribution is -2.35. The van der Waals surface area contributed by atoms with Crippen molar-refractivity contribution in [2.75, 3.05) is 31.5 Å². The summed E-state index contributed by atoms with van der Waals surface area (Å²) in [4.78, 5) is 11.9. The molecule has 1 aliphatic heterocycles. The average Bonchev–Trinajstić information content (AvgIpc) is 2.53. The van der Waals surface area contributed by atoms with E-state index in [2.05, 4.69) is 22.1 Å². The first-order chi connectivity index (χ1) is 10.3. The zero-order chi connectivity index (χ0) is 14.7. The van der Waals surface area contributed by atoms with Crippen LogP contribution in [0.1, 0.15) is 25.5 Å². The molecule has 3 rings (SSSR count). The van der Waals surface area contributed by atoms with Crippen LogP contribution in [0.5, 0.6) is 0 Å². The van der Waals surface area contributed by atoms with Crippen molar-refractivity contribution >= 4 is 16.9 Å². The number of likely N-dealkylation sites (tertiary alicyclic amines) is 1. The standard InChI is InChI=1S/C17H24N4/c1-3-21-10-8-14(9-11-21)12-18-17-13(2)19-15-6-4-5-7-16(15)20-17/h4-7,14H,3,8-12H2,1-2H3,(H,18,20). The number of piperidine rings is 1. The molecular weight excluding hydrogens is 260 g/mol. The molecule has 0 radical (unpaired) electrons. The second-order valence-corrected chi connectivity index (χ2v) is 5.90. The first kappa shape index (κ1) is 14.3. The fourth-order valence-electron chi connectivity index (χ4n) is 3.00. The lowest BCUT2D eigenvalue weighted by molar-refractivity contribution is 0.198. The molecule has 0 saturated carbocycles. The summed E-state index contributed by atoms with van der Waals surface area (Å²) in [6.07, 6.45) is 2.56. The Morgan fingerprint density at radius 2 is 1.81 bits per heavy atom. The number of aryl methyl sites for hydroxylation is 1. The number of hydrogen-bond donors (Lipinski definition) is 1. The SMILES string of the molecule is CCN1CCC(CNc2nc3ccccc3nc2C)CC1. The van der Waals surface area contributed by atoms with Crippen molar-refractivity contribution in [3.05, 3.63) is 30.0 Å². The van der Waals surface area contributed by atoms with Gasteiger partial charge >= 0.3 is 0 Å². The number of rotatable bonds is 4. The highest BCUT2D eigenvalue weighted by molar-refractivity contribution is 5.76. The summed E-state index contributed by atoms with van der Waals surface area (Å²) in [6.45, 7) is 8.91. The molecule has 4 heteroatoms. The molecule has 4 nitrogen and oxygen atoms in total. The van der Waals surface area contributed by atoms with Gasteiger partial charge in [-0.15, -0.1) is 0 Å². The third-order valence-electron chi connectivity index (χ3n) is 4.46. The van der Waals surface area contributed by atoms with Crippen LogP contribution in [0.4, 0.5) is 5.82 Å². The van der Waals surface area contributed by atoms with Crippen LogP contribution in [-0.2, 0) is 0 Å². The van der Waals surface area contributed by atoms with Crippen LogP contribution < -0.4 is 5.32 Å². The van der Waals surface area contributed by atoms with Gasteiger partial charge < -0.3 is 10.2 Å². The molecule has 0 aliphatic carbocycles. The van der Waals surface area contributed by atoms with Gasteiger partial charge in [-0.05, 0) is 57.5 Å². The average molecular weight is 284 g/mol. The van der Waals surface area contributed by atoms with E-state index >= 15 is 0 Å². The predicted octanol–water partition coefficient (Wildman–Crippen LogP) is 3.08. The lowest BCUT2D eigenvalue weighted by atomic mass is 9.97. The van der Waals surface area contributed by atoms with Crippen LogP contribution in [0.3, 0.4) is 0 Å². The van der Waals surface area contributed by atoms with E-state index in [4.69, 9.17) is 4.98 Å². The van der Waals surface area contributed by atoms with Crippen molar-refractivity contribution in [2.24, 2.45) is 5.92 Å². The lowest BCUT2D eigenvalue weighted by Gasteiger charge is -2.31. The zero-order valence-electron chi connectivity index (χ0n) is 13.0. The number of anilines is 1. The summed E-state index contributed by atoms with van der Waals surface area (Å²) in [5, 5.41) is 3.52. The Hall–Kier alpha value is -1.68. The van der Waals surface area contributed by atoms with Gasteiger partial charge in [-0.3, -0.25) is 0 Å². The molecule has 0 bridgehead atoms. The van der Waals surface area contributed by atoms with E-state index in [0.717, 1.165) is 35.0 Å². The summed E-state index contributed by atoms with van der Waals surface area (Å²) in [6, 6.07) is 8.05. The molecule has 1 aromatic carbocycles. The minimum atomic E-state index is 0.750. The Kier molecular flexibility index (Phi) is 4.34. The first-order valence-corrected chi connectivity index (χ1v) is 7.96. The maximum atomic E-state index is 4.71. The van der Waals surface area contributed by atoms with Crippen molar-refractivity contribution < 1.29 is 0 Å². The largest absolute Gasteiger partial charge is 0.368 e. The van der Waals surface area contributed by atoms with E-state index in [1.807, 2.05) is 31.2 Å². The van der Waals surface area contributed by atoms with Crippen LogP contribution in [0.2, 0.25) is 0 Å². The molecule has 1 aromatic heterocycles. The first-order valence-electron chi connectivity index (χ1n) is 7.96. The fraction of sp³-hybridized carbons (Fsp3) is 0.529. The maximum absolute atomic E-state index is 4.71. The topological polar surface area (TPSA) is 41.0 Å². The highest BCUT2D eigenvalue weighted by Crippen LogP contribution is 2.20. The van der Waals surface area contributed by atoms with Crippen LogP contribution >= 0.6 is 0 Å². The highest BCUT2D eigenvalue weighted by atomic mass is 15.1. The molecular formula is C17H24N4. The smallest absolute Gasteiger partial charge is 0.148 e. The zero-order valence-corrected chi connectivity index (χ0v) is 13.0. The Morgan fingerprint density at radius 1 is 1.14 bits per heavy atom. The number of benzene rings is 1. The summed E-state index contributed by atoms with van der Waals surface area (Å²) in [5.41, 5.74) is 2.92. The third-order valence-corrected chi connectivity index (χ3v) is 4.46. The summed E-state index contributed by atoms with van der Waals surface area (Å²) >= 11 is 0. The summed E-state index contributed by atoms with van der Waals surface area (Å²) < 4.78 is 0. The summed E-state index contributed by atoms with van der Waals surface area (Å²) in [7, 11) is 0. The third kappa shape index (κ3) is 3.32. The van der Waals surface area contributed by atoms with E-state index < -0.39 is 0 Å². The number of nitrogens with one attached hydrogen (secondary N) is 1. The van der Waals surface area contributed by atoms with Gasteiger partial charge in [0.15, 0.2) is 0 Å². The highest BCUT2D eigenvalue weighted by Gasteiger charge is 2.18. The van der Waals surface area contributed by atoms with E-state index in [0.29, 0.717) is 0 Å². The predicted molar refractivity (Wildman–Crippen MR) is 87.6 cm³/mol. The molecule has 0 unspecified atom stereocenters. The molecule has 112 valence electrons. The summed E-state index contributed by atoms with van der Waals surface area (Å²) in [5.74, 6) is 1.69. The molecule has 2 heterocycles. The van der Waals surface area contributed by atoms with Crippen LogP contribution in [0.15, 0.2) is 24.3 Å². The van der Waals surface area contributed by atoms with Crippen molar-refractivity contribution in [3.8, 4) is 0 Å². The van der Waals surface area contributed by atoms with Gasteiger partial charge in [-0.2, -0.15) is 0 Å². The minimum Gasteiger partial charge on any atom is -0.368 e. The van der Waals surface area contributed by atoms with Gasteiger partial charge in [-0.1, -0.05) is 19.1 Å². The van der Waals surface area contributed by atoms with Crippen molar-refractivity contribution in [1.82, 2.24) is 14.9 Å². The van der Waals surface area contributed by atoms with Crippen molar-refractivity contribution in [3.63, 3.8) is 0 Å². The van der Waals surface area contributed by atoms with Crippen LogP contribution in [-0.4, -0.2) is 41.0 Å². The Bertz CT molecular complexity index is 603. The Morgan fingerprint density at radius 3 is 2.48 bits per heavy atom. The van der Waals surface area contributed by atoms with Crippen LogP contribution in [0, 0.1) is 12.8 Å². The molecule has 2 aromatic rings. The van der Waals surface area contributed by atoms with E-state index in [1.54, 1.807) is 0 Å². The molecule has 0 spiro atoms. The van der Waals surface area contributed by atoms with Gasteiger partial charge in [0.2, 0.25) is 0 Å². The van der Waals surface area contributed by atoms with Gasteiger partial charge in [0.25, 0.3) is 0 Å². The van der Waals surface area contributed by atoms with Crippen molar-refractivity contribution in [2.45, 2.75) is 26.7 Å². The molecule has 21 heavy (non-hydrogen) atoms. The quantitative estimate of drug-likeness (QED) is 0.936. The second-order valence-electron chi connectivity index (χ2n) is 5.90. The molecule has 0 amide bonds. The second kappa shape index (κ2) is 6.39. The maximum Gasteiger partial charge on any atom is 0.148 e. The Balaban J connectivity index is 1.64. The van der Waals surface area contributed by atoms with Crippen LogP contribution in [0.25, 0.3) is 11.0 Å². The number of hydrogen-bond acceptors (Lipinski definition) is 4. The number of nitrogens with zero attached hydrogens (tertiary/aromatic N) is 3. The monoisotopic (exact) mass is 284 g/mol. The van der Waals surface area contributed by atoms with Gasteiger partial charge in [0.05, 0.1) is 16.7 Å². The van der Waals surface area contributed by atoms with Crippen molar-refractivity contribution in [1.29, 1.82) is 0 Å². The molecule has 1 saturated heterocycles. The molecule has 1 N–H and O–H groups in total. The normalized spacial score (nSPS) is 17.2. The Labute approximate surface area is 126 Å². The number of fused-ring (bicyclic) bond motifs is 1. The molecule has 1 aliphatic rings. The van der Waals surface area contributed by atoms with Gasteiger partial charge in [0, 0.05) is 6.54 Å². The fourth-order valence-corrected chi connectivity index (χ4v) is 3.00.